The van der Waals surface area contributed by atoms with Crippen molar-refractivity contribution in [2.24, 2.45) is 0 Å². The van der Waals surface area contributed by atoms with Crippen molar-refractivity contribution in [3.05, 3.63) is 38.0 Å². The van der Waals surface area contributed by atoms with Crippen LogP contribution in [-0.4, -0.2) is 35.0 Å². The van der Waals surface area contributed by atoms with Crippen LogP contribution in [0.15, 0.2) is 38.0 Å². The first kappa shape index (κ1) is 18.6. The highest BCUT2D eigenvalue weighted by molar-refractivity contribution is 6.36. The molecule has 0 aromatic heterocycles. The van der Waals surface area contributed by atoms with E-state index < -0.39 is 15.1 Å². The average molecular weight is 282 g/mol. The molecule has 19 heavy (non-hydrogen) atoms. The van der Waals surface area contributed by atoms with Crippen LogP contribution in [0.25, 0.3) is 0 Å². The Morgan fingerprint density at radius 2 is 0.947 bits per heavy atom. The van der Waals surface area contributed by atoms with E-state index in [1.807, 2.05) is 18.2 Å². The molecule has 0 heterocycles. The minimum absolute atomic E-state index is 0.686. The van der Waals surface area contributed by atoms with Crippen molar-refractivity contribution in [1.29, 1.82) is 0 Å². The molecule has 0 aromatic carbocycles. The molecule has 0 rings (SSSR count). The first-order valence-corrected chi connectivity index (χ1v) is 8.44. The van der Waals surface area contributed by atoms with Crippen LogP contribution in [0.3, 0.4) is 0 Å². The molecule has 0 aliphatic carbocycles. The number of hydrogen-bond acceptors (Lipinski definition) is 3. The molecule has 0 fully saturated rings. The Hall–Kier alpha value is -0.368. The summed E-state index contributed by atoms with van der Waals surface area (Å²) in [5.74, 6) is 0. The Bertz CT molecular complexity index is 193. The van der Waals surface area contributed by atoms with E-state index in [1.165, 1.54) is 0 Å². The fourth-order valence-corrected chi connectivity index (χ4v) is 2.73. The molecule has 0 radical (unpaired) electrons. The molecule has 0 aliphatic heterocycles. The third kappa shape index (κ3) is 13.9. The number of unbranched alkanes of at least 4 members (excludes halogenated alkanes) is 3. The zero-order valence-electron chi connectivity index (χ0n) is 12.0. The van der Waals surface area contributed by atoms with E-state index in [-0.39, 0.29) is 0 Å². The number of rotatable bonds is 15. The molecule has 3 nitrogen and oxygen atoms in total. The van der Waals surface area contributed by atoms with Crippen LogP contribution in [0, 0.1) is 0 Å². The quantitative estimate of drug-likeness (QED) is 0.259. The molecular formula is C15H27AlO3. The highest BCUT2D eigenvalue weighted by atomic mass is 27.3. The van der Waals surface area contributed by atoms with Crippen LogP contribution < -0.4 is 0 Å². The van der Waals surface area contributed by atoms with Gasteiger partial charge in [-0.1, -0.05) is 18.2 Å². The van der Waals surface area contributed by atoms with Crippen LogP contribution in [-0.2, 0) is 11.4 Å². The Balaban J connectivity index is 3.74. The van der Waals surface area contributed by atoms with Crippen LogP contribution in [0.4, 0.5) is 0 Å². The molecular weight excluding hydrogens is 255 g/mol. The van der Waals surface area contributed by atoms with E-state index >= 15 is 0 Å². The largest absolute Gasteiger partial charge is 0.905 e. The van der Waals surface area contributed by atoms with Crippen molar-refractivity contribution in [2.75, 3.05) is 19.8 Å². The zero-order valence-corrected chi connectivity index (χ0v) is 13.2. The second-order valence-corrected chi connectivity index (χ2v) is 5.77. The monoisotopic (exact) mass is 282 g/mol. The van der Waals surface area contributed by atoms with Crippen LogP contribution >= 0.6 is 0 Å². The lowest BCUT2D eigenvalue weighted by Gasteiger charge is -2.13. The van der Waals surface area contributed by atoms with E-state index in [1.54, 1.807) is 0 Å². The Labute approximate surface area is 123 Å². The smallest absolute Gasteiger partial charge is 0.454 e. The lowest BCUT2D eigenvalue weighted by Crippen LogP contribution is -2.28. The van der Waals surface area contributed by atoms with Gasteiger partial charge >= 0.3 is 15.1 Å². The Kier molecular flexibility index (Phi) is 15.4. The first-order valence-electron chi connectivity index (χ1n) is 7.02. The predicted octanol–water partition coefficient (Wildman–Crippen LogP) is 3.92. The van der Waals surface area contributed by atoms with Gasteiger partial charge in [0.25, 0.3) is 0 Å². The Morgan fingerprint density at radius 1 is 0.632 bits per heavy atom. The summed E-state index contributed by atoms with van der Waals surface area (Å²) in [7, 11) is 0. The molecule has 0 saturated carbocycles. The van der Waals surface area contributed by atoms with Gasteiger partial charge in [-0.25, -0.2) is 0 Å². The molecule has 0 atom stereocenters. The van der Waals surface area contributed by atoms with Gasteiger partial charge in [0.2, 0.25) is 0 Å². The van der Waals surface area contributed by atoms with Crippen molar-refractivity contribution >= 4 is 15.1 Å². The normalized spacial score (nSPS) is 10.1. The summed E-state index contributed by atoms with van der Waals surface area (Å²) in [6, 6.07) is 0. The third-order valence-corrected chi connectivity index (χ3v) is 3.94. The maximum Gasteiger partial charge on any atom is 0.905 e. The van der Waals surface area contributed by atoms with Crippen LogP contribution in [0.2, 0.25) is 0 Å². The van der Waals surface area contributed by atoms with Crippen molar-refractivity contribution < 1.29 is 11.4 Å². The topological polar surface area (TPSA) is 27.7 Å². The summed E-state index contributed by atoms with van der Waals surface area (Å²) < 4.78 is 17.1. The van der Waals surface area contributed by atoms with Gasteiger partial charge in [-0.3, -0.25) is 0 Å². The van der Waals surface area contributed by atoms with Crippen LogP contribution in [0.5, 0.6) is 0 Å². The van der Waals surface area contributed by atoms with Gasteiger partial charge in [0.15, 0.2) is 0 Å². The van der Waals surface area contributed by atoms with Crippen molar-refractivity contribution in [2.45, 2.75) is 38.5 Å². The predicted molar refractivity (Wildman–Crippen MR) is 81.9 cm³/mol. The molecule has 0 N–H and O–H groups in total. The van der Waals surface area contributed by atoms with Gasteiger partial charge in [0.1, 0.15) is 0 Å². The summed E-state index contributed by atoms with van der Waals surface area (Å²) >= 11 is -1.96. The molecule has 108 valence electrons. The van der Waals surface area contributed by atoms with E-state index in [2.05, 4.69) is 19.7 Å². The highest BCUT2D eigenvalue weighted by Gasteiger charge is 2.30. The molecule has 0 unspecified atom stereocenters. The molecule has 4 heteroatoms. The van der Waals surface area contributed by atoms with Gasteiger partial charge in [0.05, 0.1) is 0 Å². The minimum Gasteiger partial charge on any atom is -0.454 e. The zero-order chi connectivity index (χ0) is 14.2. The Morgan fingerprint density at radius 3 is 1.21 bits per heavy atom. The van der Waals surface area contributed by atoms with E-state index in [0.717, 1.165) is 38.5 Å². The number of allylic oxidation sites excluding steroid dienone is 3. The number of hydrogen-bond donors (Lipinski definition) is 0. The summed E-state index contributed by atoms with van der Waals surface area (Å²) in [5.41, 5.74) is 0. The summed E-state index contributed by atoms with van der Waals surface area (Å²) in [6.45, 7) is 13.1. The average Bonchev–Trinajstić information content (AvgIpc) is 2.43. The molecule has 0 spiro atoms. The van der Waals surface area contributed by atoms with Crippen LogP contribution in [0.1, 0.15) is 38.5 Å². The van der Waals surface area contributed by atoms with Crippen molar-refractivity contribution in [3.8, 4) is 0 Å². The van der Waals surface area contributed by atoms with Crippen molar-refractivity contribution in [1.82, 2.24) is 0 Å². The SMILES string of the molecule is C=CCCC[O][Al]([O]CCCC=C)[O]CCCC=C. The van der Waals surface area contributed by atoms with E-state index in [9.17, 15) is 0 Å². The third-order valence-electron chi connectivity index (χ3n) is 2.42. The van der Waals surface area contributed by atoms with Crippen molar-refractivity contribution in [3.63, 3.8) is 0 Å². The molecule has 0 amide bonds. The second-order valence-electron chi connectivity index (χ2n) is 4.19. The molecule has 0 aliphatic rings. The van der Waals surface area contributed by atoms with Gasteiger partial charge in [-0.05, 0) is 38.5 Å². The fourth-order valence-electron chi connectivity index (χ4n) is 1.37. The first-order chi connectivity index (χ1) is 9.35. The minimum atomic E-state index is -1.96. The molecule has 0 saturated heterocycles. The van der Waals surface area contributed by atoms with Gasteiger partial charge in [-0.2, -0.15) is 0 Å². The summed E-state index contributed by atoms with van der Waals surface area (Å²) in [4.78, 5) is 0. The van der Waals surface area contributed by atoms with Gasteiger partial charge in [-0.15, -0.1) is 19.7 Å². The lowest BCUT2D eigenvalue weighted by atomic mass is 10.3. The maximum absolute atomic E-state index is 5.70. The molecule has 0 aromatic rings. The van der Waals surface area contributed by atoms with E-state index in [4.69, 9.17) is 11.4 Å². The second kappa shape index (κ2) is 15.7. The summed E-state index contributed by atoms with van der Waals surface area (Å²) in [5, 5.41) is 0. The van der Waals surface area contributed by atoms with E-state index in [0.29, 0.717) is 19.8 Å². The summed E-state index contributed by atoms with van der Waals surface area (Å²) in [6.07, 6.45) is 11.5. The fraction of sp³-hybridized carbons (Fsp3) is 0.600. The lowest BCUT2D eigenvalue weighted by molar-refractivity contribution is 0.0909. The maximum atomic E-state index is 5.70. The standard InChI is InChI=1S/3C5H9O.Al/c3*1-2-3-4-5-6;/h3*2H,1,3-5H2;/q3*-1;+3. The molecule has 0 bridgehead atoms. The van der Waals surface area contributed by atoms with Gasteiger partial charge in [0, 0.05) is 19.8 Å². The highest BCUT2D eigenvalue weighted by Crippen LogP contribution is 2.01. The van der Waals surface area contributed by atoms with Gasteiger partial charge < -0.3 is 11.4 Å².